The van der Waals surface area contributed by atoms with Crippen LogP contribution in [-0.2, 0) is 19.1 Å². The molecule has 1 saturated heterocycles. The number of likely N-dealkylation sites (tertiary alicyclic amines) is 1. The van der Waals surface area contributed by atoms with E-state index in [0.29, 0.717) is 13.0 Å². The maximum atomic E-state index is 12.2. The fourth-order valence-electron chi connectivity index (χ4n) is 2.28. The fraction of sp³-hybridized carbons (Fsp3) is 0.400. The molecule has 1 aromatic rings. The van der Waals surface area contributed by atoms with Crippen LogP contribution in [0.4, 0.5) is 0 Å². The van der Waals surface area contributed by atoms with Crippen LogP contribution in [-0.4, -0.2) is 32.0 Å². The van der Waals surface area contributed by atoms with Gasteiger partial charge in [0.1, 0.15) is 0 Å². The Kier molecular flexibility index (Phi) is 5.14. The molecule has 1 amide bonds. The lowest BCUT2D eigenvalue weighted by Crippen LogP contribution is -2.45. The van der Waals surface area contributed by atoms with E-state index in [0.717, 1.165) is 12.8 Å². The van der Waals surface area contributed by atoms with Crippen LogP contribution in [0.5, 0.6) is 0 Å². The van der Waals surface area contributed by atoms with Gasteiger partial charge in [0.15, 0.2) is 6.23 Å². The van der Waals surface area contributed by atoms with Crippen LogP contribution in [0.1, 0.15) is 26.2 Å². The molecule has 5 nitrogen and oxygen atoms in total. The lowest BCUT2D eigenvalue weighted by Gasteiger charge is -2.34. The van der Waals surface area contributed by atoms with Gasteiger partial charge in [0.2, 0.25) is 5.91 Å². The summed E-state index contributed by atoms with van der Waals surface area (Å²) in [5, 5.41) is 0. The van der Waals surface area contributed by atoms with E-state index in [9.17, 15) is 13.2 Å². The number of allylic oxidation sites excluding steroid dienone is 1. The Bertz CT molecular complexity index is 610. The fourth-order valence-corrected chi connectivity index (χ4v) is 3.37. The lowest BCUT2D eigenvalue weighted by molar-refractivity contribution is -0.136. The number of hydrogen-bond donors (Lipinski definition) is 0. The van der Waals surface area contributed by atoms with Crippen LogP contribution in [0.15, 0.2) is 47.4 Å². The highest BCUT2D eigenvalue weighted by molar-refractivity contribution is 7.86. The number of piperidine rings is 1. The van der Waals surface area contributed by atoms with Crippen LogP contribution in [0.3, 0.4) is 0 Å². The van der Waals surface area contributed by atoms with Gasteiger partial charge in [-0.15, -0.1) is 0 Å². The van der Waals surface area contributed by atoms with Gasteiger partial charge >= 0.3 is 0 Å². The van der Waals surface area contributed by atoms with E-state index in [-0.39, 0.29) is 10.8 Å². The molecular weight excluding hydrogens is 290 g/mol. The van der Waals surface area contributed by atoms with Crippen LogP contribution < -0.4 is 0 Å². The van der Waals surface area contributed by atoms with Crippen molar-refractivity contribution in [1.82, 2.24) is 4.90 Å². The molecule has 1 aromatic carbocycles. The Morgan fingerprint density at radius 2 is 2.00 bits per heavy atom. The normalized spacial score (nSPS) is 19.9. The molecule has 21 heavy (non-hydrogen) atoms. The Labute approximate surface area is 125 Å². The van der Waals surface area contributed by atoms with Crippen LogP contribution in [0.2, 0.25) is 0 Å². The van der Waals surface area contributed by atoms with E-state index in [1.165, 1.54) is 23.1 Å². The van der Waals surface area contributed by atoms with Crippen molar-refractivity contribution in [3.05, 3.63) is 42.5 Å². The van der Waals surface area contributed by atoms with Crippen molar-refractivity contribution in [2.75, 3.05) is 6.54 Å². The first-order valence-electron chi connectivity index (χ1n) is 6.96. The number of nitrogens with zero attached hydrogens (tertiary/aromatic N) is 1. The number of carbonyl (C=O) groups is 1. The summed E-state index contributed by atoms with van der Waals surface area (Å²) in [7, 11) is -3.86. The smallest absolute Gasteiger partial charge is 0.298 e. The van der Waals surface area contributed by atoms with Crippen molar-refractivity contribution < 1.29 is 17.4 Å². The van der Waals surface area contributed by atoms with Gasteiger partial charge in [-0.1, -0.05) is 24.3 Å². The van der Waals surface area contributed by atoms with Gasteiger partial charge in [-0.25, -0.2) is 4.18 Å². The molecule has 1 fully saturated rings. The summed E-state index contributed by atoms with van der Waals surface area (Å²) < 4.78 is 29.8. The summed E-state index contributed by atoms with van der Waals surface area (Å²) in [6.45, 7) is 2.26. The third kappa shape index (κ3) is 3.92. The molecule has 1 heterocycles. The standard InChI is InChI=1S/C15H19NO4S/c1-2-8-14(17)16-12-7-6-11-15(16)20-21(18,19)13-9-4-3-5-10-13/h2-5,8-10,15H,6-7,11-12H2,1H3. The highest BCUT2D eigenvalue weighted by Gasteiger charge is 2.31. The Morgan fingerprint density at radius 3 is 2.67 bits per heavy atom. The molecule has 6 heteroatoms. The average Bonchev–Trinajstić information content (AvgIpc) is 2.48. The lowest BCUT2D eigenvalue weighted by atomic mass is 10.1. The molecule has 2 rings (SSSR count). The highest BCUT2D eigenvalue weighted by Crippen LogP contribution is 2.23. The highest BCUT2D eigenvalue weighted by atomic mass is 32.2. The quantitative estimate of drug-likeness (QED) is 0.632. The third-order valence-corrected chi connectivity index (χ3v) is 4.63. The van der Waals surface area contributed by atoms with Crippen LogP contribution in [0, 0.1) is 0 Å². The monoisotopic (exact) mass is 309 g/mol. The summed E-state index contributed by atoms with van der Waals surface area (Å²) in [5.74, 6) is -0.217. The topological polar surface area (TPSA) is 63.7 Å². The number of hydrogen-bond acceptors (Lipinski definition) is 4. The molecule has 0 radical (unpaired) electrons. The third-order valence-electron chi connectivity index (χ3n) is 3.31. The van der Waals surface area contributed by atoms with Gasteiger partial charge in [-0.2, -0.15) is 8.42 Å². The minimum absolute atomic E-state index is 0.106. The van der Waals surface area contributed by atoms with Gasteiger partial charge < -0.3 is 4.90 Å². The van der Waals surface area contributed by atoms with Crippen molar-refractivity contribution >= 4 is 16.0 Å². The number of benzene rings is 1. The molecule has 0 saturated carbocycles. The Hall–Kier alpha value is -1.66. The molecule has 0 aliphatic carbocycles. The van der Waals surface area contributed by atoms with Crippen molar-refractivity contribution in [3.8, 4) is 0 Å². The predicted molar refractivity (Wildman–Crippen MR) is 78.9 cm³/mol. The molecule has 0 spiro atoms. The van der Waals surface area contributed by atoms with Gasteiger partial charge in [0.25, 0.3) is 10.1 Å². The Morgan fingerprint density at radius 1 is 1.29 bits per heavy atom. The summed E-state index contributed by atoms with van der Waals surface area (Å²) in [4.78, 5) is 13.6. The molecule has 114 valence electrons. The largest absolute Gasteiger partial charge is 0.312 e. The number of amides is 1. The minimum atomic E-state index is -3.86. The molecule has 1 aliphatic heterocycles. The van der Waals surface area contributed by atoms with E-state index in [1.54, 1.807) is 31.2 Å². The van der Waals surface area contributed by atoms with E-state index in [4.69, 9.17) is 4.18 Å². The Balaban J connectivity index is 2.17. The van der Waals surface area contributed by atoms with E-state index < -0.39 is 16.3 Å². The number of rotatable bonds is 4. The summed E-state index contributed by atoms with van der Waals surface area (Å²) in [5.41, 5.74) is 0. The second-order valence-corrected chi connectivity index (χ2v) is 6.42. The first kappa shape index (κ1) is 15.7. The second kappa shape index (κ2) is 6.87. The summed E-state index contributed by atoms with van der Waals surface area (Å²) in [6.07, 6.45) is 4.56. The zero-order chi connectivity index (χ0) is 15.3. The second-order valence-electron chi connectivity index (χ2n) is 4.85. The maximum absolute atomic E-state index is 12.2. The van der Waals surface area contributed by atoms with Gasteiger partial charge in [-0.05, 0) is 44.4 Å². The zero-order valence-corrected chi connectivity index (χ0v) is 12.8. The average molecular weight is 309 g/mol. The van der Waals surface area contributed by atoms with Crippen molar-refractivity contribution in [1.29, 1.82) is 0 Å². The minimum Gasteiger partial charge on any atom is -0.312 e. The first-order chi connectivity index (χ1) is 10.0. The molecule has 0 bridgehead atoms. The first-order valence-corrected chi connectivity index (χ1v) is 8.37. The zero-order valence-electron chi connectivity index (χ0n) is 11.9. The molecule has 1 atom stereocenters. The molecular formula is C15H19NO4S. The molecule has 1 unspecified atom stereocenters. The molecule has 0 N–H and O–H groups in total. The van der Waals surface area contributed by atoms with Crippen molar-refractivity contribution in [2.24, 2.45) is 0 Å². The van der Waals surface area contributed by atoms with Gasteiger partial charge in [0.05, 0.1) is 4.90 Å². The van der Waals surface area contributed by atoms with Crippen molar-refractivity contribution in [3.63, 3.8) is 0 Å². The van der Waals surface area contributed by atoms with Gasteiger partial charge in [0, 0.05) is 6.54 Å². The summed E-state index contributed by atoms with van der Waals surface area (Å²) in [6, 6.07) is 7.98. The van der Waals surface area contributed by atoms with Crippen LogP contribution >= 0.6 is 0 Å². The van der Waals surface area contributed by atoms with Crippen LogP contribution in [0.25, 0.3) is 0 Å². The van der Waals surface area contributed by atoms with Gasteiger partial charge in [-0.3, -0.25) is 4.79 Å². The van der Waals surface area contributed by atoms with E-state index >= 15 is 0 Å². The van der Waals surface area contributed by atoms with Crippen molar-refractivity contribution in [2.45, 2.75) is 37.3 Å². The summed E-state index contributed by atoms with van der Waals surface area (Å²) >= 11 is 0. The van der Waals surface area contributed by atoms with E-state index in [1.807, 2.05) is 0 Å². The van der Waals surface area contributed by atoms with E-state index in [2.05, 4.69) is 0 Å². The number of carbonyl (C=O) groups excluding carboxylic acids is 1. The predicted octanol–water partition coefficient (Wildman–Crippen LogP) is 2.31. The molecule has 1 aliphatic rings. The SMILES string of the molecule is CC=CC(=O)N1CCCCC1OS(=O)(=O)c1ccccc1. The molecule has 0 aromatic heterocycles. The maximum Gasteiger partial charge on any atom is 0.298 e.